The van der Waals surface area contributed by atoms with E-state index in [-0.39, 0.29) is 12.0 Å². The fraction of sp³-hybridized carbons (Fsp3) is 0.600. The molecule has 106 valence electrons. The van der Waals surface area contributed by atoms with Gasteiger partial charge in [-0.1, -0.05) is 25.4 Å². The molecule has 0 radical (unpaired) electrons. The van der Waals surface area contributed by atoms with E-state index in [9.17, 15) is 5.11 Å². The van der Waals surface area contributed by atoms with E-state index in [1.54, 1.807) is 0 Å². The first-order valence-electron chi connectivity index (χ1n) is 6.84. The van der Waals surface area contributed by atoms with Crippen LogP contribution < -0.4 is 4.90 Å². The van der Waals surface area contributed by atoms with Crippen molar-refractivity contribution >= 4 is 17.3 Å². The van der Waals surface area contributed by atoms with Gasteiger partial charge in [0.05, 0.1) is 0 Å². The van der Waals surface area contributed by atoms with Crippen molar-refractivity contribution in [3.63, 3.8) is 0 Å². The van der Waals surface area contributed by atoms with Crippen molar-refractivity contribution < 1.29 is 5.11 Å². The Bertz CT molecular complexity index is 397. The van der Waals surface area contributed by atoms with E-state index in [0.29, 0.717) is 0 Å². The SMILES string of the molecule is CC(C)(CO)CN1CCN(c2ccc(Cl)cc2)CC1. The molecule has 4 heteroatoms. The van der Waals surface area contributed by atoms with Crippen LogP contribution in [0.15, 0.2) is 24.3 Å². The van der Waals surface area contributed by atoms with Gasteiger partial charge in [0.2, 0.25) is 0 Å². The quantitative estimate of drug-likeness (QED) is 0.919. The molecule has 0 spiro atoms. The fourth-order valence-corrected chi connectivity index (χ4v) is 2.60. The molecule has 0 aromatic heterocycles. The van der Waals surface area contributed by atoms with Gasteiger partial charge < -0.3 is 10.0 Å². The average molecular weight is 283 g/mol. The van der Waals surface area contributed by atoms with Gasteiger partial charge in [-0.15, -0.1) is 0 Å². The Hall–Kier alpha value is -0.770. The molecule has 2 rings (SSSR count). The first-order chi connectivity index (χ1) is 9.00. The van der Waals surface area contributed by atoms with Crippen LogP contribution in [0.25, 0.3) is 0 Å². The zero-order valence-corrected chi connectivity index (χ0v) is 12.5. The van der Waals surface area contributed by atoms with Crippen molar-refractivity contribution in [3.05, 3.63) is 29.3 Å². The Morgan fingerprint density at radius 2 is 1.68 bits per heavy atom. The third-order valence-corrected chi connectivity index (χ3v) is 3.90. The molecule has 1 fully saturated rings. The minimum atomic E-state index is -0.0115. The molecule has 19 heavy (non-hydrogen) atoms. The monoisotopic (exact) mass is 282 g/mol. The molecule has 1 aromatic rings. The van der Waals surface area contributed by atoms with Gasteiger partial charge in [-0.25, -0.2) is 0 Å². The second-order valence-corrected chi connectivity index (χ2v) is 6.50. The molecule has 0 aliphatic carbocycles. The van der Waals surface area contributed by atoms with Crippen molar-refractivity contribution in [2.24, 2.45) is 5.41 Å². The highest BCUT2D eigenvalue weighted by Gasteiger charge is 2.24. The van der Waals surface area contributed by atoms with Gasteiger partial charge >= 0.3 is 0 Å². The summed E-state index contributed by atoms with van der Waals surface area (Å²) in [5.74, 6) is 0. The van der Waals surface area contributed by atoms with Gasteiger partial charge in [-0.3, -0.25) is 4.90 Å². The van der Waals surface area contributed by atoms with Crippen LogP contribution in [0.5, 0.6) is 0 Å². The summed E-state index contributed by atoms with van der Waals surface area (Å²) in [5.41, 5.74) is 1.23. The number of aliphatic hydroxyl groups is 1. The number of rotatable bonds is 4. The molecule has 3 nitrogen and oxygen atoms in total. The van der Waals surface area contributed by atoms with Crippen molar-refractivity contribution in [1.82, 2.24) is 4.90 Å². The van der Waals surface area contributed by atoms with Crippen LogP contribution in [0.4, 0.5) is 5.69 Å². The average Bonchev–Trinajstić information content (AvgIpc) is 2.40. The molecule has 0 saturated carbocycles. The summed E-state index contributed by atoms with van der Waals surface area (Å²) in [6, 6.07) is 8.04. The van der Waals surface area contributed by atoms with Crippen LogP contribution in [0.1, 0.15) is 13.8 Å². The van der Waals surface area contributed by atoms with Crippen LogP contribution in [-0.4, -0.2) is 49.3 Å². The van der Waals surface area contributed by atoms with Gasteiger partial charge in [0.15, 0.2) is 0 Å². The van der Waals surface area contributed by atoms with E-state index in [2.05, 4.69) is 35.8 Å². The molecular weight excluding hydrogens is 260 g/mol. The second kappa shape index (κ2) is 6.12. The summed E-state index contributed by atoms with van der Waals surface area (Å²) >= 11 is 5.91. The van der Waals surface area contributed by atoms with Crippen LogP contribution >= 0.6 is 11.6 Å². The number of nitrogens with zero attached hydrogens (tertiary/aromatic N) is 2. The number of piperazine rings is 1. The van der Waals surface area contributed by atoms with Crippen molar-refractivity contribution in [3.8, 4) is 0 Å². The van der Waals surface area contributed by atoms with Crippen LogP contribution in [0.3, 0.4) is 0 Å². The zero-order valence-electron chi connectivity index (χ0n) is 11.8. The fourth-order valence-electron chi connectivity index (χ4n) is 2.47. The number of aliphatic hydroxyl groups excluding tert-OH is 1. The molecule has 1 N–H and O–H groups in total. The molecule has 0 bridgehead atoms. The maximum atomic E-state index is 9.33. The van der Waals surface area contributed by atoms with Gasteiger partial charge in [-0.05, 0) is 24.3 Å². The molecule has 0 unspecified atom stereocenters. The number of benzene rings is 1. The Morgan fingerprint density at radius 3 is 2.21 bits per heavy atom. The van der Waals surface area contributed by atoms with E-state index in [1.165, 1.54) is 5.69 Å². The third kappa shape index (κ3) is 4.10. The summed E-state index contributed by atoms with van der Waals surface area (Å²) in [6.07, 6.45) is 0. The largest absolute Gasteiger partial charge is 0.396 e. The lowest BCUT2D eigenvalue weighted by atomic mass is 9.94. The van der Waals surface area contributed by atoms with Crippen LogP contribution in [0.2, 0.25) is 5.02 Å². The summed E-state index contributed by atoms with van der Waals surface area (Å²) in [7, 11) is 0. The maximum Gasteiger partial charge on any atom is 0.0494 e. The molecule has 1 aromatic carbocycles. The Labute approximate surface area is 120 Å². The highest BCUT2D eigenvalue weighted by atomic mass is 35.5. The third-order valence-electron chi connectivity index (χ3n) is 3.64. The number of anilines is 1. The predicted molar refractivity (Wildman–Crippen MR) is 81.0 cm³/mol. The Balaban J connectivity index is 1.87. The summed E-state index contributed by atoms with van der Waals surface area (Å²) in [6.45, 7) is 9.57. The van der Waals surface area contributed by atoms with E-state index in [0.717, 1.165) is 37.7 Å². The van der Waals surface area contributed by atoms with E-state index in [4.69, 9.17) is 11.6 Å². The predicted octanol–water partition coefficient (Wildman–Crippen LogP) is 2.48. The Kier molecular flexibility index (Phi) is 4.71. The summed E-state index contributed by atoms with van der Waals surface area (Å²) < 4.78 is 0. The van der Waals surface area contributed by atoms with E-state index >= 15 is 0 Å². The topological polar surface area (TPSA) is 26.7 Å². The first-order valence-corrected chi connectivity index (χ1v) is 7.22. The number of hydrogen-bond donors (Lipinski definition) is 1. The van der Waals surface area contributed by atoms with Gasteiger partial charge in [-0.2, -0.15) is 0 Å². The minimum Gasteiger partial charge on any atom is -0.396 e. The molecular formula is C15H23ClN2O. The van der Waals surface area contributed by atoms with Crippen molar-refractivity contribution in [1.29, 1.82) is 0 Å². The lowest BCUT2D eigenvalue weighted by molar-refractivity contribution is 0.0996. The van der Waals surface area contributed by atoms with Crippen molar-refractivity contribution in [2.45, 2.75) is 13.8 Å². The van der Waals surface area contributed by atoms with Crippen LogP contribution in [0, 0.1) is 5.41 Å². The standard InChI is InChI=1S/C15H23ClN2O/c1-15(2,12-19)11-17-7-9-18(10-8-17)14-5-3-13(16)4-6-14/h3-6,19H,7-12H2,1-2H3. The van der Waals surface area contributed by atoms with E-state index < -0.39 is 0 Å². The smallest absolute Gasteiger partial charge is 0.0494 e. The highest BCUT2D eigenvalue weighted by molar-refractivity contribution is 6.30. The number of halogens is 1. The highest BCUT2D eigenvalue weighted by Crippen LogP contribution is 2.21. The van der Waals surface area contributed by atoms with Crippen molar-refractivity contribution in [2.75, 3.05) is 44.2 Å². The lowest BCUT2D eigenvalue weighted by Gasteiger charge is -2.39. The first kappa shape index (κ1) is 14.6. The molecule has 0 amide bonds. The van der Waals surface area contributed by atoms with E-state index in [1.807, 2.05) is 12.1 Å². The second-order valence-electron chi connectivity index (χ2n) is 6.06. The molecule has 1 aliphatic rings. The molecule has 1 aliphatic heterocycles. The molecule has 0 atom stereocenters. The number of hydrogen-bond acceptors (Lipinski definition) is 3. The summed E-state index contributed by atoms with van der Waals surface area (Å²) in [4.78, 5) is 4.82. The maximum absolute atomic E-state index is 9.33. The van der Waals surface area contributed by atoms with Crippen LogP contribution in [-0.2, 0) is 0 Å². The molecule has 1 saturated heterocycles. The minimum absolute atomic E-state index is 0.0115. The van der Waals surface area contributed by atoms with Gasteiger partial charge in [0.25, 0.3) is 0 Å². The Morgan fingerprint density at radius 1 is 1.11 bits per heavy atom. The lowest BCUT2D eigenvalue weighted by Crippen LogP contribution is -2.49. The summed E-state index contributed by atoms with van der Waals surface area (Å²) in [5, 5.41) is 10.1. The zero-order chi connectivity index (χ0) is 13.9. The normalized spacial score (nSPS) is 17.8. The van der Waals surface area contributed by atoms with Gasteiger partial charge in [0.1, 0.15) is 0 Å². The molecule has 1 heterocycles. The van der Waals surface area contributed by atoms with Gasteiger partial charge in [0, 0.05) is 55.5 Å².